The van der Waals surface area contributed by atoms with E-state index < -0.39 is 0 Å². The zero-order valence-electron chi connectivity index (χ0n) is 15.1. The zero-order valence-corrected chi connectivity index (χ0v) is 15.1. The Hall–Kier alpha value is -1.76. The van der Waals surface area contributed by atoms with Crippen molar-refractivity contribution in [1.82, 2.24) is 0 Å². The second-order valence-corrected chi connectivity index (χ2v) is 6.85. The van der Waals surface area contributed by atoms with Crippen LogP contribution in [-0.4, -0.2) is 0 Å². The van der Waals surface area contributed by atoms with Crippen LogP contribution in [-0.2, 0) is 6.61 Å². The van der Waals surface area contributed by atoms with E-state index in [0.29, 0.717) is 6.61 Å². The van der Waals surface area contributed by atoms with Gasteiger partial charge in [0.15, 0.2) is 0 Å². The lowest BCUT2D eigenvalue weighted by Crippen LogP contribution is -2.14. The summed E-state index contributed by atoms with van der Waals surface area (Å²) in [4.78, 5) is 0. The van der Waals surface area contributed by atoms with E-state index in [1.165, 1.54) is 61.2 Å². The van der Waals surface area contributed by atoms with Gasteiger partial charge in [-0.3, -0.25) is 0 Å². The highest BCUT2D eigenvalue weighted by molar-refractivity contribution is 5.85. The number of benzene rings is 2. The highest BCUT2D eigenvalue weighted by atomic mass is 16.5. The van der Waals surface area contributed by atoms with E-state index in [1.807, 2.05) is 0 Å². The van der Waals surface area contributed by atoms with Gasteiger partial charge >= 0.3 is 0 Å². The summed E-state index contributed by atoms with van der Waals surface area (Å²) in [6.07, 6.45) is 0. The first kappa shape index (κ1) is 15.1. The van der Waals surface area contributed by atoms with Gasteiger partial charge < -0.3 is 4.74 Å². The van der Waals surface area contributed by atoms with E-state index in [9.17, 15) is 0 Å². The molecule has 0 fully saturated rings. The Morgan fingerprint density at radius 3 is 1.55 bits per heavy atom. The molecule has 22 heavy (non-hydrogen) atoms. The molecular weight excluding hydrogens is 268 g/mol. The number of hydrogen-bond donors (Lipinski definition) is 0. The molecule has 2 aromatic rings. The van der Waals surface area contributed by atoms with Crippen LogP contribution in [0.4, 0.5) is 0 Å². The van der Waals surface area contributed by atoms with Crippen LogP contribution in [0.25, 0.3) is 11.1 Å². The molecule has 2 aromatic carbocycles. The lowest BCUT2D eigenvalue weighted by Gasteiger charge is -2.31. The molecular formula is C21H26O. The number of hydrogen-bond acceptors (Lipinski definition) is 1. The third-order valence-corrected chi connectivity index (χ3v) is 6.06. The maximum absolute atomic E-state index is 6.23. The SMILES string of the molecule is Cc1c(C)c(C)c2c(c1C)COc1c(C)c(C)c(C)c(C)c1-2. The quantitative estimate of drug-likeness (QED) is 0.604. The number of ether oxygens (including phenoxy) is 1. The Labute approximate surface area is 134 Å². The third-order valence-electron chi connectivity index (χ3n) is 6.06. The Kier molecular flexibility index (Phi) is 3.36. The van der Waals surface area contributed by atoms with Gasteiger partial charge in [-0.15, -0.1) is 0 Å². The van der Waals surface area contributed by atoms with Crippen LogP contribution >= 0.6 is 0 Å². The van der Waals surface area contributed by atoms with Gasteiger partial charge in [-0.2, -0.15) is 0 Å². The summed E-state index contributed by atoms with van der Waals surface area (Å²) in [6, 6.07) is 0. The van der Waals surface area contributed by atoms with Gasteiger partial charge in [0, 0.05) is 11.1 Å². The molecule has 1 heteroatoms. The minimum atomic E-state index is 0.693. The molecule has 0 aliphatic carbocycles. The highest BCUT2D eigenvalue weighted by Crippen LogP contribution is 2.48. The molecule has 3 rings (SSSR count). The maximum Gasteiger partial charge on any atom is 0.131 e. The van der Waals surface area contributed by atoms with Crippen molar-refractivity contribution < 1.29 is 4.74 Å². The van der Waals surface area contributed by atoms with Crippen molar-refractivity contribution in [2.75, 3.05) is 0 Å². The van der Waals surface area contributed by atoms with Crippen molar-refractivity contribution in [3.8, 4) is 16.9 Å². The molecule has 116 valence electrons. The van der Waals surface area contributed by atoms with E-state index in [1.54, 1.807) is 0 Å². The van der Waals surface area contributed by atoms with Crippen molar-refractivity contribution in [2.45, 2.75) is 62.0 Å². The van der Waals surface area contributed by atoms with Crippen LogP contribution in [0.2, 0.25) is 0 Å². The van der Waals surface area contributed by atoms with Gasteiger partial charge in [-0.25, -0.2) is 0 Å². The molecule has 0 saturated heterocycles. The first-order valence-corrected chi connectivity index (χ1v) is 8.10. The van der Waals surface area contributed by atoms with E-state index in [2.05, 4.69) is 55.4 Å². The van der Waals surface area contributed by atoms with Gasteiger partial charge in [0.1, 0.15) is 12.4 Å². The van der Waals surface area contributed by atoms with Gasteiger partial charge in [0.25, 0.3) is 0 Å². The van der Waals surface area contributed by atoms with Gasteiger partial charge in [-0.1, -0.05) is 0 Å². The first-order valence-electron chi connectivity index (χ1n) is 8.10. The Morgan fingerprint density at radius 1 is 0.500 bits per heavy atom. The van der Waals surface area contributed by atoms with E-state index >= 15 is 0 Å². The van der Waals surface area contributed by atoms with Crippen LogP contribution in [0.15, 0.2) is 0 Å². The third kappa shape index (κ3) is 1.78. The van der Waals surface area contributed by atoms with Crippen LogP contribution in [0.5, 0.6) is 5.75 Å². The molecule has 0 radical (unpaired) electrons. The predicted octanol–water partition coefficient (Wildman–Crippen LogP) is 5.71. The Balaban J connectivity index is 2.51. The summed E-state index contributed by atoms with van der Waals surface area (Å²) in [5.41, 5.74) is 15.1. The fourth-order valence-electron chi connectivity index (χ4n) is 3.81. The molecule has 1 aliphatic rings. The lowest BCUT2D eigenvalue weighted by atomic mass is 9.80. The smallest absolute Gasteiger partial charge is 0.131 e. The average Bonchev–Trinajstić information content (AvgIpc) is 2.52. The van der Waals surface area contributed by atoms with Crippen molar-refractivity contribution in [3.63, 3.8) is 0 Å². The van der Waals surface area contributed by atoms with Crippen molar-refractivity contribution in [3.05, 3.63) is 50.1 Å². The molecule has 0 amide bonds. The standard InChI is InChI=1S/C21H26O/c1-10-11(2)15(6)19-18(14(10)5)9-22-21-17(8)13(4)12(3)16(7)20(19)21/h9H2,1-8H3. The van der Waals surface area contributed by atoms with Gasteiger partial charge in [0.2, 0.25) is 0 Å². The molecule has 1 heterocycles. The minimum Gasteiger partial charge on any atom is -0.488 e. The molecule has 0 bridgehead atoms. The number of rotatable bonds is 0. The molecule has 1 nitrogen and oxygen atoms in total. The van der Waals surface area contributed by atoms with Crippen molar-refractivity contribution >= 4 is 0 Å². The molecule has 1 aliphatic heterocycles. The van der Waals surface area contributed by atoms with Crippen molar-refractivity contribution in [1.29, 1.82) is 0 Å². The van der Waals surface area contributed by atoms with Crippen LogP contribution in [0.3, 0.4) is 0 Å². The van der Waals surface area contributed by atoms with Gasteiger partial charge in [0.05, 0.1) is 0 Å². The largest absolute Gasteiger partial charge is 0.488 e. The molecule has 0 aromatic heterocycles. The summed E-state index contributed by atoms with van der Waals surface area (Å²) < 4.78 is 6.23. The topological polar surface area (TPSA) is 9.23 Å². The van der Waals surface area contributed by atoms with E-state index in [-0.39, 0.29) is 0 Å². The van der Waals surface area contributed by atoms with E-state index in [0.717, 1.165) is 5.75 Å². The first-order chi connectivity index (χ1) is 10.3. The Bertz CT molecular complexity index is 741. The Morgan fingerprint density at radius 2 is 0.955 bits per heavy atom. The normalized spacial score (nSPS) is 12.7. The average molecular weight is 294 g/mol. The second-order valence-electron chi connectivity index (χ2n) is 6.85. The van der Waals surface area contributed by atoms with E-state index in [4.69, 9.17) is 4.74 Å². The zero-order chi connectivity index (χ0) is 16.3. The fourth-order valence-corrected chi connectivity index (χ4v) is 3.81. The summed E-state index contributed by atoms with van der Waals surface area (Å²) in [5.74, 6) is 1.10. The summed E-state index contributed by atoms with van der Waals surface area (Å²) in [7, 11) is 0. The summed E-state index contributed by atoms with van der Waals surface area (Å²) >= 11 is 0. The molecule has 0 unspecified atom stereocenters. The maximum atomic E-state index is 6.23. The van der Waals surface area contributed by atoms with Crippen LogP contribution in [0, 0.1) is 55.4 Å². The van der Waals surface area contributed by atoms with Crippen LogP contribution < -0.4 is 4.74 Å². The molecule has 0 spiro atoms. The fraction of sp³-hybridized carbons (Fsp3) is 0.429. The van der Waals surface area contributed by atoms with Gasteiger partial charge in [-0.05, 0) is 105 Å². The lowest BCUT2D eigenvalue weighted by molar-refractivity contribution is 0.298. The summed E-state index contributed by atoms with van der Waals surface area (Å²) in [6.45, 7) is 18.5. The molecule has 0 N–H and O–H groups in total. The minimum absolute atomic E-state index is 0.693. The monoisotopic (exact) mass is 294 g/mol. The van der Waals surface area contributed by atoms with Crippen molar-refractivity contribution in [2.24, 2.45) is 0 Å². The predicted molar refractivity (Wildman–Crippen MR) is 94.1 cm³/mol. The second kappa shape index (κ2) is 4.87. The number of fused-ring (bicyclic) bond motifs is 3. The molecule has 0 saturated carbocycles. The molecule has 0 atom stereocenters. The highest BCUT2D eigenvalue weighted by Gasteiger charge is 2.27. The summed E-state index contributed by atoms with van der Waals surface area (Å²) in [5, 5.41) is 0. The van der Waals surface area contributed by atoms with Crippen LogP contribution in [0.1, 0.15) is 50.1 Å².